The number of likely N-dealkylation sites (tertiary alicyclic amines) is 1. The highest BCUT2D eigenvalue weighted by atomic mass is 16.5. The number of fused-ring (bicyclic) bond motifs is 1. The third kappa shape index (κ3) is 3.99. The number of nitrogens with one attached hydrogen (secondary N) is 1. The second kappa shape index (κ2) is 8.05. The Morgan fingerprint density at radius 1 is 1.19 bits per heavy atom. The van der Waals surface area contributed by atoms with Crippen molar-refractivity contribution in [1.82, 2.24) is 19.8 Å². The maximum Gasteiger partial charge on any atom is 0.270 e. The zero-order chi connectivity index (χ0) is 17.8. The molecule has 0 aromatic carbocycles. The van der Waals surface area contributed by atoms with Crippen LogP contribution in [0.2, 0.25) is 0 Å². The van der Waals surface area contributed by atoms with Gasteiger partial charge in [-0.25, -0.2) is 4.98 Å². The minimum atomic E-state index is -0.000573. The fourth-order valence-corrected chi connectivity index (χ4v) is 3.61. The second-order valence-corrected chi connectivity index (χ2v) is 6.95. The Labute approximate surface area is 153 Å². The van der Waals surface area contributed by atoms with E-state index in [1.54, 1.807) is 6.20 Å². The van der Waals surface area contributed by atoms with Crippen molar-refractivity contribution in [1.29, 1.82) is 0 Å². The summed E-state index contributed by atoms with van der Waals surface area (Å²) in [5, 5.41) is 0.902. The van der Waals surface area contributed by atoms with Gasteiger partial charge >= 0.3 is 0 Å². The highest BCUT2D eigenvalue weighted by Crippen LogP contribution is 2.20. The monoisotopic (exact) mass is 358 g/mol. The molecule has 0 radical (unpaired) electrons. The maximum absolute atomic E-state index is 12.6. The molecule has 0 aliphatic carbocycles. The summed E-state index contributed by atoms with van der Waals surface area (Å²) in [7, 11) is 0. The summed E-state index contributed by atoms with van der Waals surface area (Å²) in [6.07, 6.45) is 5.38. The first-order chi connectivity index (χ1) is 12.8. The van der Waals surface area contributed by atoms with E-state index in [0.717, 1.165) is 24.1 Å². The third-order valence-corrected chi connectivity index (χ3v) is 5.06. The van der Waals surface area contributed by atoms with E-state index in [1.807, 2.05) is 17.0 Å². The van der Waals surface area contributed by atoms with Crippen LogP contribution in [0, 0.1) is 0 Å². The number of morpholine rings is 1. The molecule has 7 heteroatoms. The van der Waals surface area contributed by atoms with Crippen LogP contribution < -0.4 is 4.74 Å². The predicted molar refractivity (Wildman–Crippen MR) is 98.6 cm³/mol. The third-order valence-electron chi connectivity index (χ3n) is 5.06. The van der Waals surface area contributed by atoms with Crippen molar-refractivity contribution in [2.24, 2.45) is 0 Å². The Bertz CT molecular complexity index is 748. The predicted octanol–water partition coefficient (Wildman–Crippen LogP) is 1.90. The molecule has 0 spiro atoms. The molecule has 1 amide bonds. The molecule has 2 aliphatic rings. The van der Waals surface area contributed by atoms with Crippen molar-refractivity contribution in [3.63, 3.8) is 0 Å². The Kier molecular flexibility index (Phi) is 5.36. The number of carbonyl (C=O) groups is 1. The van der Waals surface area contributed by atoms with Gasteiger partial charge in [0.05, 0.1) is 26.0 Å². The van der Waals surface area contributed by atoms with Gasteiger partial charge in [-0.05, 0) is 44.5 Å². The molecule has 2 fully saturated rings. The van der Waals surface area contributed by atoms with Crippen molar-refractivity contribution < 1.29 is 14.3 Å². The summed E-state index contributed by atoms with van der Waals surface area (Å²) in [6, 6.07) is 3.81. The number of carbonyl (C=O) groups excluding carboxylic acids is 1. The van der Waals surface area contributed by atoms with Crippen molar-refractivity contribution in [2.75, 3.05) is 52.5 Å². The van der Waals surface area contributed by atoms with E-state index >= 15 is 0 Å². The molecule has 0 saturated carbocycles. The molecule has 4 heterocycles. The summed E-state index contributed by atoms with van der Waals surface area (Å²) in [5.74, 6) is 0.752. The van der Waals surface area contributed by atoms with Gasteiger partial charge in [0.1, 0.15) is 17.1 Å². The van der Waals surface area contributed by atoms with Gasteiger partial charge < -0.3 is 24.3 Å². The Hall–Kier alpha value is -2.12. The van der Waals surface area contributed by atoms with Crippen LogP contribution in [0.15, 0.2) is 18.3 Å². The topological polar surface area (TPSA) is 70.7 Å². The lowest BCUT2D eigenvalue weighted by atomic mass is 10.3. The fourth-order valence-electron chi connectivity index (χ4n) is 3.61. The zero-order valence-electron chi connectivity index (χ0n) is 15.1. The number of H-pyrrole nitrogens is 1. The van der Waals surface area contributed by atoms with Gasteiger partial charge in [-0.2, -0.15) is 0 Å². The first-order valence-corrected chi connectivity index (χ1v) is 9.50. The van der Waals surface area contributed by atoms with Crippen molar-refractivity contribution >= 4 is 16.9 Å². The minimum Gasteiger partial charge on any atom is -0.492 e. The standard InChI is InChI=1S/C19H26N4O3/c24-19(23-7-10-25-11-8-23)17-13-15-12-16(14-20-18(15)21-17)26-9-3-6-22-4-1-2-5-22/h12-14H,1-11H2,(H,20,21). The normalized spacial score (nSPS) is 18.5. The molecule has 26 heavy (non-hydrogen) atoms. The summed E-state index contributed by atoms with van der Waals surface area (Å²) >= 11 is 0. The smallest absolute Gasteiger partial charge is 0.270 e. The van der Waals surface area contributed by atoms with Crippen LogP contribution >= 0.6 is 0 Å². The zero-order valence-corrected chi connectivity index (χ0v) is 15.1. The van der Waals surface area contributed by atoms with E-state index < -0.39 is 0 Å². The van der Waals surface area contributed by atoms with Gasteiger partial charge in [0.25, 0.3) is 5.91 Å². The SMILES string of the molecule is O=C(c1cc2cc(OCCCN3CCCC3)cnc2[nH]1)N1CCOCC1. The van der Waals surface area contributed by atoms with Gasteiger partial charge in [0, 0.05) is 25.0 Å². The lowest BCUT2D eigenvalue weighted by Gasteiger charge is -2.26. The van der Waals surface area contributed by atoms with Crippen molar-refractivity contribution in [3.05, 3.63) is 24.0 Å². The first kappa shape index (κ1) is 17.3. The lowest BCUT2D eigenvalue weighted by Crippen LogP contribution is -2.40. The van der Waals surface area contributed by atoms with E-state index in [0.29, 0.717) is 44.3 Å². The van der Waals surface area contributed by atoms with Gasteiger partial charge in [0.15, 0.2) is 0 Å². The Balaban J connectivity index is 1.35. The Morgan fingerprint density at radius 3 is 2.81 bits per heavy atom. The number of aromatic amines is 1. The molecule has 0 bridgehead atoms. The second-order valence-electron chi connectivity index (χ2n) is 6.95. The number of amides is 1. The molecular formula is C19H26N4O3. The van der Waals surface area contributed by atoms with Crippen LogP contribution in [-0.2, 0) is 4.74 Å². The number of rotatable bonds is 6. The summed E-state index contributed by atoms with van der Waals surface area (Å²) < 4.78 is 11.1. The highest BCUT2D eigenvalue weighted by molar-refractivity contribution is 5.97. The number of aromatic nitrogens is 2. The van der Waals surface area contributed by atoms with E-state index in [2.05, 4.69) is 14.9 Å². The van der Waals surface area contributed by atoms with E-state index in [-0.39, 0.29) is 5.91 Å². The molecule has 2 saturated heterocycles. The number of nitrogens with zero attached hydrogens (tertiary/aromatic N) is 3. The molecule has 7 nitrogen and oxygen atoms in total. The number of ether oxygens (including phenoxy) is 2. The highest BCUT2D eigenvalue weighted by Gasteiger charge is 2.20. The molecule has 0 unspecified atom stereocenters. The van der Waals surface area contributed by atoms with Crippen LogP contribution in [0.5, 0.6) is 5.75 Å². The molecule has 2 aromatic rings. The van der Waals surface area contributed by atoms with E-state index in [4.69, 9.17) is 9.47 Å². The number of pyridine rings is 1. The van der Waals surface area contributed by atoms with Crippen LogP contribution in [0.4, 0.5) is 0 Å². The molecule has 4 rings (SSSR count). The largest absolute Gasteiger partial charge is 0.492 e. The average Bonchev–Trinajstić information content (AvgIpc) is 3.34. The van der Waals surface area contributed by atoms with E-state index in [9.17, 15) is 4.79 Å². The molecule has 140 valence electrons. The van der Waals surface area contributed by atoms with Gasteiger partial charge in [0.2, 0.25) is 0 Å². The quantitative estimate of drug-likeness (QED) is 0.799. The first-order valence-electron chi connectivity index (χ1n) is 9.50. The molecule has 2 aliphatic heterocycles. The van der Waals surface area contributed by atoms with Crippen LogP contribution in [0.1, 0.15) is 29.8 Å². The minimum absolute atomic E-state index is 0.000573. The fraction of sp³-hybridized carbons (Fsp3) is 0.579. The Morgan fingerprint density at radius 2 is 2.00 bits per heavy atom. The van der Waals surface area contributed by atoms with Gasteiger partial charge in [-0.1, -0.05) is 0 Å². The van der Waals surface area contributed by atoms with Gasteiger partial charge in [-0.3, -0.25) is 4.79 Å². The van der Waals surface area contributed by atoms with Crippen LogP contribution in [0.3, 0.4) is 0 Å². The van der Waals surface area contributed by atoms with Gasteiger partial charge in [-0.15, -0.1) is 0 Å². The summed E-state index contributed by atoms with van der Waals surface area (Å²) in [6.45, 7) is 6.68. The molecular weight excluding hydrogens is 332 g/mol. The molecule has 1 N–H and O–H groups in total. The summed E-state index contributed by atoms with van der Waals surface area (Å²) in [5.41, 5.74) is 1.28. The lowest BCUT2D eigenvalue weighted by molar-refractivity contribution is 0.0299. The van der Waals surface area contributed by atoms with Crippen molar-refractivity contribution in [2.45, 2.75) is 19.3 Å². The number of hydrogen-bond acceptors (Lipinski definition) is 5. The molecule has 0 atom stereocenters. The van der Waals surface area contributed by atoms with Crippen LogP contribution in [-0.4, -0.2) is 78.2 Å². The van der Waals surface area contributed by atoms with Crippen LogP contribution in [0.25, 0.3) is 11.0 Å². The molecule has 2 aromatic heterocycles. The average molecular weight is 358 g/mol. The van der Waals surface area contributed by atoms with Crippen molar-refractivity contribution in [3.8, 4) is 5.75 Å². The number of hydrogen-bond donors (Lipinski definition) is 1. The maximum atomic E-state index is 12.6. The summed E-state index contributed by atoms with van der Waals surface area (Å²) in [4.78, 5) is 24.4. The van der Waals surface area contributed by atoms with E-state index in [1.165, 1.54) is 25.9 Å².